The van der Waals surface area contributed by atoms with Gasteiger partial charge in [0.15, 0.2) is 0 Å². The zero-order valence-corrected chi connectivity index (χ0v) is 16.0. The normalized spacial score (nSPS) is 18.7. The van der Waals surface area contributed by atoms with E-state index in [1.54, 1.807) is 11.3 Å². The fourth-order valence-corrected chi connectivity index (χ4v) is 4.62. The van der Waals surface area contributed by atoms with Gasteiger partial charge >= 0.3 is 0 Å². The van der Waals surface area contributed by atoms with E-state index in [0.29, 0.717) is 5.92 Å². The van der Waals surface area contributed by atoms with E-state index in [-0.39, 0.29) is 5.91 Å². The van der Waals surface area contributed by atoms with Crippen LogP contribution in [-0.4, -0.2) is 33.4 Å². The predicted molar refractivity (Wildman–Crippen MR) is 101 cm³/mol. The van der Waals surface area contributed by atoms with Crippen LogP contribution >= 0.6 is 11.3 Å². The van der Waals surface area contributed by atoms with Gasteiger partial charge in [-0.1, -0.05) is 0 Å². The molecule has 3 heterocycles. The maximum absolute atomic E-state index is 12.6. The van der Waals surface area contributed by atoms with E-state index in [1.165, 1.54) is 29.2 Å². The molecule has 0 spiro atoms. The van der Waals surface area contributed by atoms with Crippen molar-refractivity contribution in [3.8, 4) is 0 Å². The zero-order valence-electron chi connectivity index (χ0n) is 15.2. The molecular weight excluding hydrogens is 330 g/mol. The Hall–Kier alpha value is -1.62. The molecule has 1 aliphatic carbocycles. The molecule has 1 saturated heterocycles. The number of aryl methyl sites for hydroxylation is 2. The molecule has 1 aliphatic heterocycles. The van der Waals surface area contributed by atoms with Crippen molar-refractivity contribution >= 4 is 17.2 Å². The number of carbonyl (C=O) groups excluding carboxylic acids is 1. The number of thiophene rings is 1. The number of nitrogens with zero attached hydrogens (tertiary/aromatic N) is 3. The van der Waals surface area contributed by atoms with Crippen LogP contribution in [0.3, 0.4) is 0 Å². The SMILES string of the molecule is Cc1ccc(C(=O)N2CCC(Cc3ncc(C)n3CC3CC3)CC2)s1. The summed E-state index contributed by atoms with van der Waals surface area (Å²) >= 11 is 1.60. The minimum absolute atomic E-state index is 0.211. The maximum atomic E-state index is 12.6. The molecule has 2 aliphatic rings. The Kier molecular flexibility index (Phi) is 4.67. The molecule has 2 aromatic heterocycles. The molecule has 4 rings (SSSR count). The van der Waals surface area contributed by atoms with Gasteiger partial charge in [-0.2, -0.15) is 0 Å². The summed E-state index contributed by atoms with van der Waals surface area (Å²) in [5.41, 5.74) is 1.29. The number of aromatic nitrogens is 2. The van der Waals surface area contributed by atoms with Gasteiger partial charge in [0.2, 0.25) is 0 Å². The quantitative estimate of drug-likeness (QED) is 0.809. The molecule has 2 fully saturated rings. The lowest BCUT2D eigenvalue weighted by Gasteiger charge is -2.31. The Morgan fingerprint density at radius 3 is 2.56 bits per heavy atom. The van der Waals surface area contributed by atoms with Crippen LogP contribution in [-0.2, 0) is 13.0 Å². The number of amides is 1. The van der Waals surface area contributed by atoms with Crippen molar-refractivity contribution in [3.05, 3.63) is 39.6 Å². The highest BCUT2D eigenvalue weighted by Crippen LogP contribution is 2.32. The summed E-state index contributed by atoms with van der Waals surface area (Å²) < 4.78 is 2.43. The summed E-state index contributed by atoms with van der Waals surface area (Å²) in [5, 5.41) is 0. The van der Waals surface area contributed by atoms with Crippen LogP contribution in [0.4, 0.5) is 0 Å². The smallest absolute Gasteiger partial charge is 0.263 e. The second-order valence-electron chi connectivity index (χ2n) is 7.72. The fraction of sp³-hybridized carbons (Fsp3) is 0.600. The number of piperidine rings is 1. The highest BCUT2D eigenvalue weighted by Gasteiger charge is 2.27. The summed E-state index contributed by atoms with van der Waals surface area (Å²) in [5.74, 6) is 2.99. The number of carbonyl (C=O) groups is 1. The van der Waals surface area contributed by atoms with Gasteiger partial charge in [-0.15, -0.1) is 11.3 Å². The monoisotopic (exact) mass is 357 g/mol. The van der Waals surface area contributed by atoms with Crippen LogP contribution < -0.4 is 0 Å². The molecule has 2 aromatic rings. The first-order chi connectivity index (χ1) is 12.1. The van der Waals surface area contributed by atoms with Gasteiger partial charge in [-0.25, -0.2) is 4.98 Å². The predicted octanol–water partition coefficient (Wildman–Crippen LogP) is 4.07. The first-order valence-corrected chi connectivity index (χ1v) is 10.3. The zero-order chi connectivity index (χ0) is 17.4. The van der Waals surface area contributed by atoms with Crippen molar-refractivity contribution in [1.82, 2.24) is 14.5 Å². The molecule has 1 saturated carbocycles. The van der Waals surface area contributed by atoms with Gasteiger partial charge in [0.1, 0.15) is 5.82 Å². The second-order valence-corrected chi connectivity index (χ2v) is 9.01. The number of likely N-dealkylation sites (tertiary alicyclic amines) is 1. The molecule has 0 aromatic carbocycles. The minimum atomic E-state index is 0.211. The molecule has 4 nitrogen and oxygen atoms in total. The van der Waals surface area contributed by atoms with Crippen molar-refractivity contribution in [3.63, 3.8) is 0 Å². The van der Waals surface area contributed by atoms with Gasteiger partial charge in [0.25, 0.3) is 5.91 Å². The van der Waals surface area contributed by atoms with Gasteiger partial charge < -0.3 is 9.47 Å². The van der Waals surface area contributed by atoms with Gasteiger partial charge in [-0.05, 0) is 63.5 Å². The molecule has 0 N–H and O–H groups in total. The lowest BCUT2D eigenvalue weighted by molar-refractivity contribution is 0.0694. The molecule has 5 heteroatoms. The van der Waals surface area contributed by atoms with E-state index < -0.39 is 0 Å². The van der Waals surface area contributed by atoms with E-state index in [9.17, 15) is 4.79 Å². The molecule has 134 valence electrons. The Morgan fingerprint density at radius 2 is 1.92 bits per heavy atom. The lowest BCUT2D eigenvalue weighted by Crippen LogP contribution is -2.38. The largest absolute Gasteiger partial charge is 0.338 e. The number of rotatable bonds is 5. The highest BCUT2D eigenvalue weighted by molar-refractivity contribution is 7.13. The maximum Gasteiger partial charge on any atom is 0.263 e. The third kappa shape index (κ3) is 3.81. The topological polar surface area (TPSA) is 38.1 Å². The van der Waals surface area contributed by atoms with E-state index in [4.69, 9.17) is 0 Å². The Bertz CT molecular complexity index is 751. The highest BCUT2D eigenvalue weighted by atomic mass is 32.1. The first kappa shape index (κ1) is 16.8. The second kappa shape index (κ2) is 6.94. The first-order valence-electron chi connectivity index (χ1n) is 9.47. The van der Waals surface area contributed by atoms with E-state index in [1.807, 2.05) is 23.2 Å². The van der Waals surface area contributed by atoms with Crippen molar-refractivity contribution in [2.75, 3.05) is 13.1 Å². The van der Waals surface area contributed by atoms with Crippen LogP contribution in [0.2, 0.25) is 0 Å². The molecule has 0 bridgehead atoms. The molecule has 0 unspecified atom stereocenters. The third-order valence-corrected chi connectivity index (χ3v) is 6.59. The summed E-state index contributed by atoms with van der Waals surface area (Å²) in [7, 11) is 0. The fourth-order valence-electron chi connectivity index (χ4n) is 3.79. The summed E-state index contributed by atoms with van der Waals surface area (Å²) in [6, 6.07) is 4.00. The van der Waals surface area contributed by atoms with Crippen molar-refractivity contribution < 1.29 is 4.79 Å². The molecule has 0 radical (unpaired) electrons. The number of imidazole rings is 1. The Balaban J connectivity index is 1.34. The van der Waals surface area contributed by atoms with Gasteiger partial charge in [0, 0.05) is 42.8 Å². The van der Waals surface area contributed by atoms with Crippen LogP contribution in [0, 0.1) is 25.7 Å². The van der Waals surface area contributed by atoms with Crippen LogP contribution in [0.1, 0.15) is 51.8 Å². The minimum Gasteiger partial charge on any atom is -0.338 e. The Morgan fingerprint density at radius 1 is 1.16 bits per heavy atom. The lowest BCUT2D eigenvalue weighted by atomic mass is 9.93. The molecular formula is C20H27N3OS. The summed E-state index contributed by atoms with van der Waals surface area (Å²) in [4.78, 5) is 21.4. The van der Waals surface area contributed by atoms with Crippen molar-refractivity contribution in [1.29, 1.82) is 0 Å². The average molecular weight is 358 g/mol. The summed E-state index contributed by atoms with van der Waals surface area (Å²) in [6.45, 7) is 7.13. The van der Waals surface area contributed by atoms with E-state index in [2.05, 4.69) is 23.4 Å². The van der Waals surface area contributed by atoms with Gasteiger partial charge in [0.05, 0.1) is 4.88 Å². The Labute approximate surface area is 153 Å². The number of hydrogen-bond donors (Lipinski definition) is 0. The van der Waals surface area contributed by atoms with Crippen LogP contribution in [0.5, 0.6) is 0 Å². The van der Waals surface area contributed by atoms with E-state index >= 15 is 0 Å². The van der Waals surface area contributed by atoms with Crippen molar-refractivity contribution in [2.24, 2.45) is 11.8 Å². The van der Waals surface area contributed by atoms with Crippen LogP contribution in [0.25, 0.3) is 0 Å². The number of hydrogen-bond acceptors (Lipinski definition) is 3. The third-order valence-electron chi connectivity index (χ3n) is 5.60. The molecule has 0 atom stereocenters. The van der Waals surface area contributed by atoms with Crippen molar-refractivity contribution in [2.45, 2.75) is 52.5 Å². The molecule has 1 amide bonds. The summed E-state index contributed by atoms with van der Waals surface area (Å²) in [6.07, 6.45) is 8.01. The molecule has 25 heavy (non-hydrogen) atoms. The van der Waals surface area contributed by atoms with Gasteiger partial charge in [-0.3, -0.25) is 4.79 Å². The average Bonchev–Trinajstić information content (AvgIpc) is 3.24. The van der Waals surface area contributed by atoms with Crippen LogP contribution in [0.15, 0.2) is 18.3 Å². The standard InChI is InChI=1S/C20H27N3OS/c1-14-12-21-19(23(14)13-17-4-5-17)11-16-7-9-22(10-8-16)20(24)18-6-3-15(2)25-18/h3,6,12,16-17H,4-5,7-11,13H2,1-2H3. The van der Waals surface area contributed by atoms with E-state index in [0.717, 1.165) is 49.7 Å².